The van der Waals surface area contributed by atoms with Crippen LogP contribution in [0.15, 0.2) is 60.7 Å². The van der Waals surface area contributed by atoms with E-state index in [1.807, 2.05) is 50.2 Å². The molecule has 0 aliphatic carbocycles. The molecule has 0 bridgehead atoms. The fourth-order valence-electron chi connectivity index (χ4n) is 2.91. The number of hydrogen-bond donors (Lipinski definition) is 1. The Morgan fingerprint density at radius 2 is 1.54 bits per heavy atom. The maximum Gasteiger partial charge on any atom is 0.243 e. The number of rotatable bonds is 7. The summed E-state index contributed by atoms with van der Waals surface area (Å²) in [6.07, 6.45) is 1.75. The molecule has 1 amide bonds. The van der Waals surface area contributed by atoms with Gasteiger partial charge in [0.15, 0.2) is 0 Å². The molecule has 0 aliphatic rings. The predicted octanol–water partition coefficient (Wildman–Crippen LogP) is 2.76. The van der Waals surface area contributed by atoms with Gasteiger partial charge in [0, 0.05) is 12.6 Å². The topological polar surface area (TPSA) is 66.5 Å². The zero-order chi connectivity index (χ0) is 19.4. The summed E-state index contributed by atoms with van der Waals surface area (Å²) >= 11 is 0. The summed E-state index contributed by atoms with van der Waals surface area (Å²) in [6, 6.07) is 17.9. The number of nitrogens with zero attached hydrogens (tertiary/aromatic N) is 1. The van der Waals surface area contributed by atoms with Gasteiger partial charge in [0.2, 0.25) is 15.9 Å². The van der Waals surface area contributed by atoms with Crippen LogP contribution in [0.25, 0.3) is 0 Å². The standard InChI is InChI=1S/C20H26N2O3S/c1-20(2,15-16-11-7-5-8-12-16)21-19(23)18(22(3)26(4,24)25)17-13-9-6-10-14-17/h5-14,18H,15H2,1-4H3,(H,21,23)/t18-/m1/s1. The van der Waals surface area contributed by atoms with Gasteiger partial charge < -0.3 is 5.32 Å². The smallest absolute Gasteiger partial charge is 0.243 e. The Kier molecular flexibility index (Phi) is 6.21. The van der Waals surface area contributed by atoms with Crippen LogP contribution in [-0.4, -0.2) is 37.5 Å². The third-order valence-electron chi connectivity index (χ3n) is 4.20. The highest BCUT2D eigenvalue weighted by Crippen LogP contribution is 2.23. The van der Waals surface area contributed by atoms with Crippen molar-refractivity contribution < 1.29 is 13.2 Å². The number of carbonyl (C=O) groups excluding carboxylic acids is 1. The van der Waals surface area contributed by atoms with Gasteiger partial charge in [-0.15, -0.1) is 0 Å². The molecule has 0 saturated carbocycles. The number of amides is 1. The Morgan fingerprint density at radius 1 is 1.04 bits per heavy atom. The minimum Gasteiger partial charge on any atom is -0.349 e. The summed E-state index contributed by atoms with van der Waals surface area (Å²) in [7, 11) is -2.11. The molecule has 0 fully saturated rings. The van der Waals surface area contributed by atoms with Crippen molar-refractivity contribution in [2.24, 2.45) is 0 Å². The number of carbonyl (C=O) groups is 1. The molecule has 140 valence electrons. The number of benzene rings is 2. The number of nitrogens with one attached hydrogen (secondary N) is 1. The maximum absolute atomic E-state index is 13.0. The minimum atomic E-state index is -3.54. The van der Waals surface area contributed by atoms with Crippen molar-refractivity contribution in [1.29, 1.82) is 0 Å². The van der Waals surface area contributed by atoms with Gasteiger partial charge in [0.25, 0.3) is 0 Å². The van der Waals surface area contributed by atoms with Crippen LogP contribution in [0.4, 0.5) is 0 Å². The van der Waals surface area contributed by atoms with Crippen molar-refractivity contribution >= 4 is 15.9 Å². The molecule has 0 unspecified atom stereocenters. The Balaban J connectivity index is 2.26. The molecule has 1 N–H and O–H groups in total. The third-order valence-corrected chi connectivity index (χ3v) is 5.46. The van der Waals surface area contributed by atoms with E-state index < -0.39 is 21.6 Å². The van der Waals surface area contributed by atoms with Crippen LogP contribution in [0.2, 0.25) is 0 Å². The van der Waals surface area contributed by atoms with Crippen LogP contribution < -0.4 is 5.32 Å². The Labute approximate surface area is 156 Å². The first-order valence-electron chi connectivity index (χ1n) is 8.44. The van der Waals surface area contributed by atoms with Gasteiger partial charge >= 0.3 is 0 Å². The Bertz CT molecular complexity index is 834. The lowest BCUT2D eigenvalue weighted by molar-refractivity contribution is -0.126. The van der Waals surface area contributed by atoms with Crippen LogP contribution in [0, 0.1) is 0 Å². The van der Waals surface area contributed by atoms with E-state index in [4.69, 9.17) is 0 Å². The second-order valence-electron chi connectivity index (χ2n) is 7.13. The van der Waals surface area contributed by atoms with Gasteiger partial charge in [0.05, 0.1) is 6.26 Å². The van der Waals surface area contributed by atoms with Crippen molar-refractivity contribution in [2.45, 2.75) is 31.8 Å². The van der Waals surface area contributed by atoms with Crippen molar-refractivity contribution in [3.05, 3.63) is 71.8 Å². The van der Waals surface area contributed by atoms with Crippen molar-refractivity contribution in [2.75, 3.05) is 13.3 Å². The predicted molar refractivity (Wildman–Crippen MR) is 104 cm³/mol. The van der Waals surface area contributed by atoms with E-state index in [0.29, 0.717) is 12.0 Å². The molecular weight excluding hydrogens is 348 g/mol. The highest BCUT2D eigenvalue weighted by Gasteiger charge is 2.33. The third kappa shape index (κ3) is 5.41. The summed E-state index contributed by atoms with van der Waals surface area (Å²) in [4.78, 5) is 13.0. The lowest BCUT2D eigenvalue weighted by Gasteiger charge is -2.32. The minimum absolute atomic E-state index is 0.343. The second-order valence-corrected chi connectivity index (χ2v) is 9.17. The summed E-state index contributed by atoms with van der Waals surface area (Å²) < 4.78 is 25.2. The van der Waals surface area contributed by atoms with E-state index in [-0.39, 0.29) is 5.91 Å². The normalized spacial score (nSPS) is 13.4. The molecule has 6 heteroatoms. The molecule has 0 spiro atoms. The van der Waals surface area contributed by atoms with Crippen LogP contribution >= 0.6 is 0 Å². The fraction of sp³-hybridized carbons (Fsp3) is 0.350. The van der Waals surface area contributed by atoms with Gasteiger partial charge in [-0.25, -0.2) is 8.42 Å². The molecule has 2 rings (SSSR count). The lowest BCUT2D eigenvalue weighted by atomic mass is 9.94. The maximum atomic E-state index is 13.0. The van der Waals surface area contributed by atoms with E-state index in [2.05, 4.69) is 5.32 Å². The molecule has 0 saturated heterocycles. The van der Waals surface area contributed by atoms with Crippen molar-refractivity contribution in [1.82, 2.24) is 9.62 Å². The monoisotopic (exact) mass is 374 g/mol. The van der Waals surface area contributed by atoms with Crippen LogP contribution in [0.3, 0.4) is 0 Å². The SMILES string of the molecule is CN([C@@H](C(=O)NC(C)(C)Cc1ccccc1)c1ccccc1)S(C)(=O)=O. The zero-order valence-corrected chi connectivity index (χ0v) is 16.5. The largest absolute Gasteiger partial charge is 0.349 e. The van der Waals surface area contributed by atoms with Gasteiger partial charge in [0.1, 0.15) is 6.04 Å². The first-order chi connectivity index (χ1) is 12.1. The van der Waals surface area contributed by atoms with Crippen LogP contribution in [-0.2, 0) is 21.2 Å². The molecule has 2 aromatic carbocycles. The number of likely N-dealkylation sites (N-methyl/N-ethyl adjacent to an activating group) is 1. The lowest BCUT2D eigenvalue weighted by Crippen LogP contribution is -2.50. The van der Waals surface area contributed by atoms with Crippen LogP contribution in [0.1, 0.15) is 31.0 Å². The van der Waals surface area contributed by atoms with E-state index >= 15 is 0 Å². The van der Waals surface area contributed by atoms with E-state index in [1.165, 1.54) is 7.05 Å². The summed E-state index contributed by atoms with van der Waals surface area (Å²) in [5.41, 5.74) is 1.21. The second kappa shape index (κ2) is 8.01. The highest BCUT2D eigenvalue weighted by molar-refractivity contribution is 7.88. The van der Waals surface area contributed by atoms with Crippen molar-refractivity contribution in [3.63, 3.8) is 0 Å². The first kappa shape index (κ1) is 20.1. The molecule has 0 aromatic heterocycles. The van der Waals surface area contributed by atoms with Gasteiger partial charge in [-0.05, 0) is 31.4 Å². The number of sulfonamides is 1. The summed E-state index contributed by atoms with van der Waals surface area (Å²) in [5, 5.41) is 3.01. The van der Waals surface area contributed by atoms with E-state index in [9.17, 15) is 13.2 Å². The summed E-state index contributed by atoms with van der Waals surface area (Å²) in [5.74, 6) is -0.343. The van der Waals surface area contributed by atoms with Gasteiger partial charge in [-0.1, -0.05) is 60.7 Å². The molecule has 2 aromatic rings. The fourth-order valence-corrected chi connectivity index (χ4v) is 3.51. The average Bonchev–Trinajstić information content (AvgIpc) is 2.55. The van der Waals surface area contributed by atoms with Gasteiger partial charge in [-0.3, -0.25) is 4.79 Å². The molecule has 0 radical (unpaired) electrons. The van der Waals surface area contributed by atoms with Crippen molar-refractivity contribution in [3.8, 4) is 0 Å². The van der Waals surface area contributed by atoms with Crippen LogP contribution in [0.5, 0.6) is 0 Å². The first-order valence-corrected chi connectivity index (χ1v) is 10.3. The van der Waals surface area contributed by atoms with Gasteiger partial charge in [-0.2, -0.15) is 4.31 Å². The Hall–Kier alpha value is -2.18. The molecule has 0 heterocycles. The number of hydrogen-bond acceptors (Lipinski definition) is 3. The molecule has 26 heavy (non-hydrogen) atoms. The quantitative estimate of drug-likeness (QED) is 0.810. The average molecular weight is 375 g/mol. The van der Waals surface area contributed by atoms with E-state index in [0.717, 1.165) is 16.1 Å². The molecule has 5 nitrogen and oxygen atoms in total. The zero-order valence-electron chi connectivity index (χ0n) is 15.6. The highest BCUT2D eigenvalue weighted by atomic mass is 32.2. The summed E-state index contributed by atoms with van der Waals surface area (Å²) in [6.45, 7) is 3.86. The molecule has 0 aliphatic heterocycles. The molecular formula is C20H26N2O3S. The Morgan fingerprint density at radius 3 is 2.04 bits per heavy atom. The van der Waals surface area contributed by atoms with E-state index in [1.54, 1.807) is 24.3 Å². The molecule has 1 atom stereocenters.